The summed E-state index contributed by atoms with van der Waals surface area (Å²) in [6.45, 7) is 8.07. The molecule has 192 valence electrons. The molecule has 0 spiro atoms. The van der Waals surface area contributed by atoms with E-state index in [0.29, 0.717) is 31.3 Å². The predicted molar refractivity (Wildman–Crippen MR) is 137 cm³/mol. The molecule has 0 unspecified atom stereocenters. The van der Waals surface area contributed by atoms with Crippen LogP contribution in [0.2, 0.25) is 0 Å². The summed E-state index contributed by atoms with van der Waals surface area (Å²) in [6.07, 6.45) is 9.64. The van der Waals surface area contributed by atoms with Crippen LogP contribution in [0.3, 0.4) is 0 Å². The Morgan fingerprint density at radius 3 is 2.37 bits per heavy atom. The quantitative estimate of drug-likeness (QED) is 0.597. The Kier molecular flexibility index (Phi) is 11.8. The third kappa shape index (κ3) is 7.55. The van der Waals surface area contributed by atoms with Crippen LogP contribution in [-0.4, -0.2) is 48.3 Å². The van der Waals surface area contributed by atoms with Gasteiger partial charge in [0.15, 0.2) is 0 Å². The van der Waals surface area contributed by atoms with Crippen LogP contribution in [0.4, 0.5) is 0 Å². The van der Waals surface area contributed by atoms with Crippen molar-refractivity contribution in [3.05, 3.63) is 35.9 Å². The van der Waals surface area contributed by atoms with Gasteiger partial charge in [-0.3, -0.25) is 14.4 Å². The van der Waals surface area contributed by atoms with Crippen LogP contribution in [-0.2, 0) is 19.8 Å². The molecule has 7 nitrogen and oxygen atoms in total. The lowest BCUT2D eigenvalue weighted by Gasteiger charge is -2.35. The van der Waals surface area contributed by atoms with E-state index >= 15 is 0 Å². The Morgan fingerprint density at radius 2 is 1.89 bits per heavy atom. The maximum atomic E-state index is 13.1. The predicted octanol–water partition coefficient (Wildman–Crippen LogP) is 4.08. The second-order valence-electron chi connectivity index (χ2n) is 9.83. The van der Waals surface area contributed by atoms with E-state index in [0.717, 1.165) is 38.6 Å². The molecule has 2 heterocycles. The van der Waals surface area contributed by atoms with E-state index < -0.39 is 6.04 Å². The highest BCUT2D eigenvalue weighted by molar-refractivity contribution is 5.89. The number of nitriles is 1. The van der Waals surface area contributed by atoms with Gasteiger partial charge in [0.05, 0.1) is 11.5 Å². The molecule has 0 aromatic heterocycles. The van der Waals surface area contributed by atoms with Gasteiger partial charge in [0.25, 0.3) is 0 Å². The molecule has 2 N–H and O–H groups in total. The number of amides is 3. The number of rotatable bonds is 6. The number of nitrogens with one attached hydrogen (secondary N) is 2. The van der Waals surface area contributed by atoms with Crippen molar-refractivity contribution in [2.24, 2.45) is 5.92 Å². The van der Waals surface area contributed by atoms with Crippen molar-refractivity contribution in [3.8, 4) is 6.07 Å². The first-order valence-electron chi connectivity index (χ1n) is 13.2. The fourth-order valence-corrected chi connectivity index (χ4v) is 5.27. The lowest BCUT2D eigenvalue weighted by atomic mass is 9.77. The molecule has 3 atom stereocenters. The van der Waals surface area contributed by atoms with Gasteiger partial charge in [0, 0.05) is 25.0 Å². The number of hydrogen-bond donors (Lipinski definition) is 2. The third-order valence-corrected chi connectivity index (χ3v) is 7.11. The van der Waals surface area contributed by atoms with Gasteiger partial charge in [-0.2, -0.15) is 5.26 Å². The highest BCUT2D eigenvalue weighted by atomic mass is 16.2. The van der Waals surface area contributed by atoms with Crippen molar-refractivity contribution in [3.63, 3.8) is 0 Å². The molecule has 7 heteroatoms. The fourth-order valence-electron chi connectivity index (χ4n) is 5.27. The molecule has 1 aromatic rings. The normalized spacial score (nSPS) is 23.0. The third-order valence-electron chi connectivity index (χ3n) is 7.11. The second-order valence-corrected chi connectivity index (χ2v) is 9.83. The average Bonchev–Trinajstić information content (AvgIpc) is 3.62. The van der Waals surface area contributed by atoms with Crippen LogP contribution in [0.25, 0.3) is 0 Å². The molecule has 3 aliphatic rings. The van der Waals surface area contributed by atoms with E-state index in [1.165, 1.54) is 24.8 Å². The van der Waals surface area contributed by atoms with E-state index in [2.05, 4.69) is 60.6 Å². The molecule has 2 saturated heterocycles. The first kappa shape index (κ1) is 28.4. The zero-order valence-electron chi connectivity index (χ0n) is 21.6. The van der Waals surface area contributed by atoms with Crippen LogP contribution in [0.15, 0.2) is 30.3 Å². The number of benzene rings is 1. The monoisotopic (exact) mass is 482 g/mol. The molecule has 3 fully saturated rings. The summed E-state index contributed by atoms with van der Waals surface area (Å²) in [7, 11) is 0. The zero-order chi connectivity index (χ0) is 25.7. The van der Waals surface area contributed by atoms with Crippen molar-refractivity contribution in [2.75, 3.05) is 13.1 Å². The van der Waals surface area contributed by atoms with Crippen LogP contribution >= 0.6 is 0 Å². The topological polar surface area (TPSA) is 102 Å². The molecule has 1 saturated carbocycles. The van der Waals surface area contributed by atoms with Gasteiger partial charge >= 0.3 is 0 Å². The number of carbonyl (C=O) groups is 3. The molecule has 4 rings (SSSR count). The lowest BCUT2D eigenvalue weighted by Crippen LogP contribution is -2.46. The standard InChI is InChI=1S/C17H23NO.C8H11N3O2.C3H8/c1-14-8-7-13-18(14)16(19)17(11-5-6-12-17)15-9-3-2-4-10-15;9-4-7(11-5-12)3-6-1-2-10-8(6)13;1-3-2/h2-4,9-10,14H,5-8,11-13H2,1H3;5-7H,1-3H2,(H,10,13)(H,11,12);3H2,1-2H3/t14-;6-,7-;/m10./s1. The van der Waals surface area contributed by atoms with Gasteiger partial charge < -0.3 is 15.5 Å². The summed E-state index contributed by atoms with van der Waals surface area (Å²) < 4.78 is 0. The minimum Gasteiger partial charge on any atom is -0.356 e. The lowest BCUT2D eigenvalue weighted by molar-refractivity contribution is -0.138. The van der Waals surface area contributed by atoms with E-state index in [1.807, 2.05) is 12.1 Å². The largest absolute Gasteiger partial charge is 0.356 e. The van der Waals surface area contributed by atoms with Crippen LogP contribution in [0.1, 0.15) is 84.1 Å². The molecule has 0 bridgehead atoms. The highest BCUT2D eigenvalue weighted by Crippen LogP contribution is 2.43. The van der Waals surface area contributed by atoms with Crippen molar-refractivity contribution in [1.29, 1.82) is 5.26 Å². The Labute approximate surface area is 210 Å². The molecular formula is C28H42N4O3. The van der Waals surface area contributed by atoms with Gasteiger partial charge in [-0.05, 0) is 51.0 Å². The first-order chi connectivity index (χ1) is 16.9. The number of carbonyl (C=O) groups excluding carboxylic acids is 3. The van der Waals surface area contributed by atoms with Crippen molar-refractivity contribution >= 4 is 18.2 Å². The van der Waals surface area contributed by atoms with Crippen molar-refractivity contribution in [1.82, 2.24) is 15.5 Å². The SMILES string of the molecule is CCC.C[C@@H]1CCCN1C(=O)C1(c2ccccc2)CCCC1.N#C[C@H](C[C@@H]1CCNC1=O)NC=O. The summed E-state index contributed by atoms with van der Waals surface area (Å²) >= 11 is 0. The summed E-state index contributed by atoms with van der Waals surface area (Å²) in [5.74, 6) is 0.242. The van der Waals surface area contributed by atoms with Gasteiger partial charge in [0.1, 0.15) is 6.04 Å². The zero-order valence-corrected chi connectivity index (χ0v) is 21.6. The number of nitrogens with zero attached hydrogens (tertiary/aromatic N) is 2. The van der Waals surface area contributed by atoms with Crippen molar-refractivity contribution < 1.29 is 14.4 Å². The number of hydrogen-bond acceptors (Lipinski definition) is 4. The smallest absolute Gasteiger partial charge is 0.233 e. The highest BCUT2D eigenvalue weighted by Gasteiger charge is 2.46. The van der Waals surface area contributed by atoms with Gasteiger partial charge in [0.2, 0.25) is 18.2 Å². The van der Waals surface area contributed by atoms with Crippen LogP contribution in [0, 0.1) is 17.2 Å². The summed E-state index contributed by atoms with van der Waals surface area (Å²) in [6, 6.07) is 12.3. The second kappa shape index (κ2) is 14.5. The molecule has 0 radical (unpaired) electrons. The fraction of sp³-hybridized carbons (Fsp3) is 0.643. The van der Waals surface area contributed by atoms with Gasteiger partial charge in [-0.15, -0.1) is 0 Å². The van der Waals surface area contributed by atoms with Crippen LogP contribution < -0.4 is 10.6 Å². The van der Waals surface area contributed by atoms with Gasteiger partial charge in [-0.1, -0.05) is 63.4 Å². The Bertz CT molecular complexity index is 846. The molecule has 35 heavy (non-hydrogen) atoms. The number of likely N-dealkylation sites (tertiary alicyclic amines) is 1. The van der Waals surface area contributed by atoms with E-state index in [1.54, 1.807) is 0 Å². The Balaban J connectivity index is 0.000000236. The Hall–Kier alpha value is -2.88. The maximum absolute atomic E-state index is 13.1. The minimum absolute atomic E-state index is 0.0204. The van der Waals surface area contributed by atoms with Crippen LogP contribution in [0.5, 0.6) is 0 Å². The summed E-state index contributed by atoms with van der Waals surface area (Å²) in [5.41, 5.74) is 1.01. The van der Waals surface area contributed by atoms with Gasteiger partial charge in [-0.25, -0.2) is 0 Å². The van der Waals surface area contributed by atoms with Crippen molar-refractivity contribution in [2.45, 2.75) is 96.1 Å². The average molecular weight is 483 g/mol. The Morgan fingerprint density at radius 1 is 1.23 bits per heavy atom. The minimum atomic E-state index is -0.550. The molecule has 1 aliphatic carbocycles. The molecular weight excluding hydrogens is 440 g/mol. The molecule has 1 aromatic carbocycles. The summed E-state index contributed by atoms with van der Waals surface area (Å²) in [4.78, 5) is 36.4. The van der Waals surface area contributed by atoms with E-state index in [4.69, 9.17) is 5.26 Å². The maximum Gasteiger partial charge on any atom is 0.233 e. The first-order valence-corrected chi connectivity index (χ1v) is 13.2. The molecule has 2 aliphatic heterocycles. The van der Waals surface area contributed by atoms with E-state index in [-0.39, 0.29) is 17.2 Å². The summed E-state index contributed by atoms with van der Waals surface area (Å²) in [5, 5.41) is 13.6. The molecule has 3 amide bonds. The van der Waals surface area contributed by atoms with E-state index in [9.17, 15) is 14.4 Å².